The van der Waals surface area contributed by atoms with Gasteiger partial charge < -0.3 is 14.5 Å². The Bertz CT molecular complexity index is 1520. The molecule has 1 aromatic carbocycles. The van der Waals surface area contributed by atoms with Gasteiger partial charge in [-0.1, -0.05) is 51.0 Å². The van der Waals surface area contributed by atoms with Crippen LogP contribution in [0.4, 0.5) is 17.6 Å². The normalized spacial score (nSPS) is 23.7. The zero-order valence-corrected chi connectivity index (χ0v) is 26.2. The molecule has 14 heteroatoms. The van der Waals surface area contributed by atoms with Gasteiger partial charge in [-0.3, -0.25) is 9.59 Å². The van der Waals surface area contributed by atoms with Crippen LogP contribution in [0.1, 0.15) is 97.6 Å². The summed E-state index contributed by atoms with van der Waals surface area (Å²) in [5.41, 5.74) is 1.03. The van der Waals surface area contributed by atoms with Crippen LogP contribution in [-0.2, 0) is 26.0 Å². The molecule has 46 heavy (non-hydrogen) atoms. The third-order valence-corrected chi connectivity index (χ3v) is 10.3. The largest absolute Gasteiger partial charge is 0.448 e. The molecule has 0 spiro atoms. The fourth-order valence-electron chi connectivity index (χ4n) is 7.02. The number of halogens is 4. The van der Waals surface area contributed by atoms with E-state index in [0.29, 0.717) is 23.6 Å². The van der Waals surface area contributed by atoms with E-state index in [1.165, 1.54) is 67.7 Å². The summed E-state index contributed by atoms with van der Waals surface area (Å²) in [4.78, 5) is 29.4. The topological polar surface area (TPSA) is 128 Å². The third kappa shape index (κ3) is 9.18. The second kappa shape index (κ2) is 14.7. The summed E-state index contributed by atoms with van der Waals surface area (Å²) in [6.45, 7) is 0.551. The molecule has 4 unspecified atom stereocenters. The van der Waals surface area contributed by atoms with Gasteiger partial charge in [-0.25, -0.2) is 22.5 Å². The van der Waals surface area contributed by atoms with E-state index in [4.69, 9.17) is 9.15 Å². The molecule has 1 saturated carbocycles. The number of sulfonamides is 1. The molecule has 3 fully saturated rings. The molecule has 4 atom stereocenters. The lowest BCUT2D eigenvalue weighted by molar-refractivity contribution is -0.115. The van der Waals surface area contributed by atoms with Gasteiger partial charge in [0.1, 0.15) is 12.1 Å². The lowest BCUT2D eigenvalue weighted by atomic mass is 9.75. The Morgan fingerprint density at radius 2 is 1.80 bits per heavy atom. The molecule has 2 saturated heterocycles. The van der Waals surface area contributed by atoms with E-state index < -0.39 is 33.7 Å². The van der Waals surface area contributed by atoms with Crippen LogP contribution in [0.25, 0.3) is 6.08 Å². The van der Waals surface area contributed by atoms with Gasteiger partial charge in [-0.05, 0) is 60.9 Å². The number of fused-ring (bicyclic) bond motifs is 2. The predicted molar refractivity (Wildman–Crippen MR) is 161 cm³/mol. The average Bonchev–Trinajstić information content (AvgIpc) is 3.73. The average molecular weight is 670 g/mol. The Kier molecular flexibility index (Phi) is 10.9. The van der Waals surface area contributed by atoms with Gasteiger partial charge in [-0.2, -0.15) is 13.2 Å². The number of aromatic nitrogens is 1. The maximum absolute atomic E-state index is 14.3. The lowest BCUT2D eigenvalue weighted by Gasteiger charge is -2.26. The predicted octanol–water partition coefficient (Wildman–Crippen LogP) is 5.82. The number of nitrogens with one attached hydrogen (secondary N) is 2. The summed E-state index contributed by atoms with van der Waals surface area (Å²) in [5.74, 6) is -3.70. The van der Waals surface area contributed by atoms with Crippen LogP contribution in [0.2, 0.25) is 0 Å². The number of alkyl halides is 3. The van der Waals surface area contributed by atoms with Gasteiger partial charge in [-0.15, -0.1) is 0 Å². The van der Waals surface area contributed by atoms with Crippen LogP contribution < -0.4 is 10.0 Å². The number of unbranched alkanes of at least 4 members (excludes halogenated alkanes) is 1. The van der Waals surface area contributed by atoms with E-state index in [9.17, 15) is 35.6 Å². The van der Waals surface area contributed by atoms with Crippen LogP contribution in [0.3, 0.4) is 0 Å². The summed E-state index contributed by atoms with van der Waals surface area (Å²) in [7, 11) is -4.94. The van der Waals surface area contributed by atoms with Gasteiger partial charge in [0.15, 0.2) is 11.4 Å². The molecule has 2 N–H and O–H groups in total. The van der Waals surface area contributed by atoms with Crippen molar-refractivity contribution in [2.75, 3.05) is 12.3 Å². The van der Waals surface area contributed by atoms with E-state index >= 15 is 0 Å². The highest BCUT2D eigenvalue weighted by atomic mass is 32.2. The van der Waals surface area contributed by atoms with Gasteiger partial charge in [0, 0.05) is 18.5 Å². The molecule has 2 aliphatic heterocycles. The summed E-state index contributed by atoms with van der Waals surface area (Å²) in [6, 6.07) is 3.83. The SMILES string of the molecule is O=C(C=Cc1ccc(F)cc1CC1C2CCC(O2)C1c1nc(C(=O)NCCCCC2CCCCC2)co1)NS(=O)(=O)CC(F)(F)F. The van der Waals surface area contributed by atoms with Crippen molar-refractivity contribution in [1.82, 2.24) is 15.0 Å². The first-order valence-electron chi connectivity index (χ1n) is 15.8. The van der Waals surface area contributed by atoms with Gasteiger partial charge >= 0.3 is 6.18 Å². The maximum Gasteiger partial charge on any atom is 0.404 e. The Hall–Kier alpha value is -3.26. The highest BCUT2D eigenvalue weighted by Gasteiger charge is 2.51. The number of benzene rings is 1. The van der Waals surface area contributed by atoms with E-state index in [1.807, 2.05) is 0 Å². The molecule has 2 aromatic rings. The van der Waals surface area contributed by atoms with Crippen molar-refractivity contribution in [2.45, 2.75) is 94.9 Å². The van der Waals surface area contributed by atoms with Crippen molar-refractivity contribution in [3.63, 3.8) is 0 Å². The van der Waals surface area contributed by atoms with Crippen molar-refractivity contribution >= 4 is 27.9 Å². The molecule has 3 aliphatic rings. The Morgan fingerprint density at radius 3 is 2.57 bits per heavy atom. The van der Waals surface area contributed by atoms with Crippen LogP contribution >= 0.6 is 0 Å². The van der Waals surface area contributed by atoms with Crippen molar-refractivity contribution < 1.29 is 44.7 Å². The smallest absolute Gasteiger partial charge is 0.404 e. The van der Waals surface area contributed by atoms with Crippen molar-refractivity contribution in [3.05, 3.63) is 59.1 Å². The van der Waals surface area contributed by atoms with Crippen molar-refractivity contribution in [3.8, 4) is 0 Å². The number of amides is 2. The number of ether oxygens (including phenoxy) is 1. The molecule has 252 valence electrons. The van der Waals surface area contributed by atoms with E-state index in [1.54, 1.807) is 0 Å². The number of carbonyl (C=O) groups excluding carboxylic acids is 2. The second-order valence-corrected chi connectivity index (χ2v) is 14.3. The number of rotatable bonds is 13. The molecule has 5 rings (SSSR count). The quantitative estimate of drug-likeness (QED) is 0.156. The molecule has 0 radical (unpaired) electrons. The van der Waals surface area contributed by atoms with Crippen LogP contribution in [0.5, 0.6) is 0 Å². The molecule has 2 amide bonds. The second-order valence-electron chi connectivity index (χ2n) is 12.5. The zero-order valence-electron chi connectivity index (χ0n) is 25.4. The highest BCUT2D eigenvalue weighted by Crippen LogP contribution is 2.50. The van der Waals surface area contributed by atoms with E-state index in [-0.39, 0.29) is 42.1 Å². The summed E-state index contributed by atoms with van der Waals surface area (Å²) in [6.07, 6.45) is 9.46. The maximum atomic E-state index is 14.3. The molecule has 9 nitrogen and oxygen atoms in total. The number of oxazole rings is 1. The third-order valence-electron chi connectivity index (χ3n) is 9.10. The summed E-state index contributed by atoms with van der Waals surface area (Å²) in [5, 5.41) is 2.92. The Balaban J connectivity index is 1.21. The van der Waals surface area contributed by atoms with Crippen LogP contribution in [0.15, 0.2) is 35.0 Å². The minimum Gasteiger partial charge on any atom is -0.448 e. The molecule has 3 heterocycles. The first kappa shape index (κ1) is 34.1. The van der Waals surface area contributed by atoms with Gasteiger partial charge in [0.25, 0.3) is 11.8 Å². The minimum atomic E-state index is -5.01. The van der Waals surface area contributed by atoms with Crippen molar-refractivity contribution in [2.24, 2.45) is 11.8 Å². The number of hydrogen-bond donors (Lipinski definition) is 2. The fourth-order valence-corrected chi connectivity index (χ4v) is 7.90. The summed E-state index contributed by atoms with van der Waals surface area (Å²) < 4.78 is 88.4. The Morgan fingerprint density at radius 1 is 1.04 bits per heavy atom. The molecular formula is C32H39F4N3O6S. The minimum absolute atomic E-state index is 0.171. The number of hydrogen-bond acceptors (Lipinski definition) is 7. The monoisotopic (exact) mass is 669 g/mol. The van der Waals surface area contributed by atoms with E-state index in [2.05, 4.69) is 10.3 Å². The number of nitrogens with zero attached hydrogens (tertiary/aromatic N) is 1. The first-order valence-corrected chi connectivity index (χ1v) is 17.5. The number of carbonyl (C=O) groups is 2. The van der Waals surface area contributed by atoms with Crippen molar-refractivity contribution in [1.29, 1.82) is 0 Å². The fraction of sp³-hybridized carbons (Fsp3) is 0.594. The van der Waals surface area contributed by atoms with Gasteiger partial charge in [0.2, 0.25) is 15.9 Å². The standard InChI is InChI=1S/C32H39F4N3O6S/c33-23-11-9-21(10-14-28(40)39-46(42,43)19-32(34,35)36)22(16-23)17-24-26-12-13-27(45-26)29(24)31-38-25(18-44-31)30(41)37-15-5-4-8-20-6-2-1-3-7-20/h9-11,14,16,18,20,24,26-27,29H,1-8,12-13,15,17,19H2,(H,37,41)(H,39,40). The zero-order chi connectivity index (χ0) is 32.9. The first-order chi connectivity index (χ1) is 21.9. The molecular weight excluding hydrogens is 630 g/mol. The van der Waals surface area contributed by atoms with Gasteiger partial charge in [0.05, 0.1) is 18.1 Å². The molecule has 2 bridgehead atoms. The highest BCUT2D eigenvalue weighted by molar-refractivity contribution is 7.90. The molecule has 1 aromatic heterocycles. The Labute approximate surface area is 265 Å². The van der Waals surface area contributed by atoms with E-state index in [0.717, 1.165) is 43.7 Å². The molecule has 1 aliphatic carbocycles. The van der Waals surface area contributed by atoms with Crippen LogP contribution in [-0.4, -0.2) is 55.9 Å². The summed E-state index contributed by atoms with van der Waals surface area (Å²) >= 11 is 0. The van der Waals surface area contributed by atoms with Crippen LogP contribution in [0, 0.1) is 17.7 Å². The lowest BCUT2D eigenvalue weighted by Crippen LogP contribution is -2.36.